The number of hydrogen-bond acceptors (Lipinski definition) is 2. The van der Waals surface area contributed by atoms with Crippen molar-refractivity contribution in [3.05, 3.63) is 59.4 Å². The van der Waals surface area contributed by atoms with Crippen molar-refractivity contribution in [1.29, 1.82) is 0 Å². The fourth-order valence-electron chi connectivity index (χ4n) is 3.28. The molecule has 2 aromatic rings. The molecule has 0 N–H and O–H groups in total. The van der Waals surface area contributed by atoms with Crippen molar-refractivity contribution < 1.29 is 9.13 Å². The van der Waals surface area contributed by atoms with E-state index in [1.54, 1.807) is 17.8 Å². The van der Waals surface area contributed by atoms with Crippen molar-refractivity contribution in [2.45, 2.75) is 34.3 Å². The monoisotopic (exact) mass is 364 g/mol. The Morgan fingerprint density at radius 1 is 1.14 bits per heavy atom. The van der Waals surface area contributed by atoms with E-state index in [1.165, 1.54) is 16.5 Å². The van der Waals surface area contributed by atoms with Gasteiger partial charge in [0.15, 0.2) is 0 Å². The lowest BCUT2D eigenvalue weighted by Gasteiger charge is -2.18. The van der Waals surface area contributed by atoms with E-state index in [1.807, 2.05) is 6.07 Å². The summed E-state index contributed by atoms with van der Waals surface area (Å²) in [7, 11) is 0. The van der Waals surface area contributed by atoms with Gasteiger partial charge in [-0.1, -0.05) is 45.9 Å². The van der Waals surface area contributed by atoms with Gasteiger partial charge in [-0.05, 0) is 41.8 Å². The Balaban J connectivity index is 1.90. The average Bonchev–Trinajstić information content (AvgIpc) is 2.89. The van der Waals surface area contributed by atoms with Crippen molar-refractivity contribution >= 4 is 27.7 Å². The van der Waals surface area contributed by atoms with Gasteiger partial charge in [0.1, 0.15) is 5.82 Å². The summed E-state index contributed by atoms with van der Waals surface area (Å²) in [6, 6.07) is 13.5. The van der Waals surface area contributed by atoms with Crippen LogP contribution in [0.1, 0.15) is 29.6 Å². The van der Waals surface area contributed by atoms with Gasteiger partial charge in [0.25, 0.3) is 0 Å². The molecule has 4 heteroatoms. The van der Waals surface area contributed by atoms with Crippen molar-refractivity contribution in [3.8, 4) is 0 Å². The molecule has 2 aliphatic rings. The van der Waals surface area contributed by atoms with Gasteiger partial charge in [-0.3, -0.25) is 0 Å². The number of halogens is 2. The molecular formula is C17H14BrFOS. The molecule has 0 aromatic heterocycles. The van der Waals surface area contributed by atoms with Crippen LogP contribution in [0, 0.1) is 5.82 Å². The van der Waals surface area contributed by atoms with E-state index < -0.39 is 0 Å². The first kappa shape index (κ1) is 13.8. The molecule has 1 nitrogen and oxygen atoms in total. The summed E-state index contributed by atoms with van der Waals surface area (Å²) >= 11 is 5.24. The van der Waals surface area contributed by atoms with Crippen LogP contribution < -0.4 is 0 Å². The molecule has 2 aliphatic heterocycles. The molecule has 21 heavy (non-hydrogen) atoms. The summed E-state index contributed by atoms with van der Waals surface area (Å²) in [5.74, 6) is 0.115. The zero-order valence-corrected chi connectivity index (χ0v) is 13.7. The molecule has 1 fully saturated rings. The normalized spacial score (nSPS) is 26.7. The van der Waals surface area contributed by atoms with Crippen LogP contribution in [0.2, 0.25) is 0 Å². The Morgan fingerprint density at radius 3 is 2.81 bits per heavy atom. The Hall–Kier alpha value is -0.840. The second kappa shape index (κ2) is 5.41. The number of rotatable bonds is 1. The molecule has 2 aromatic carbocycles. The number of alkyl halides is 1. The quantitative estimate of drug-likeness (QED) is 0.635. The van der Waals surface area contributed by atoms with Gasteiger partial charge in [0.05, 0.1) is 12.2 Å². The summed E-state index contributed by atoms with van der Waals surface area (Å²) in [6.45, 7) is 0. The minimum absolute atomic E-state index is 0.0469. The van der Waals surface area contributed by atoms with E-state index in [2.05, 4.69) is 40.2 Å². The molecule has 2 heterocycles. The predicted molar refractivity (Wildman–Crippen MR) is 85.7 cm³/mol. The lowest BCUT2D eigenvalue weighted by molar-refractivity contribution is 0.0524. The molecule has 1 unspecified atom stereocenters. The second-order valence-electron chi connectivity index (χ2n) is 5.50. The fourth-order valence-corrected chi connectivity index (χ4v) is 4.84. The minimum Gasteiger partial charge on any atom is -0.369 e. The first-order valence-corrected chi connectivity index (χ1v) is 8.97. The van der Waals surface area contributed by atoms with Gasteiger partial charge >= 0.3 is 0 Å². The first-order chi connectivity index (χ1) is 10.3. The standard InChI is InChI=1S/C17H14BrFOS/c18-9-11-8-13-12-3-1-2-4-15(12)21-16-6-5-10(19)7-14(16)17(13)20-11/h1-7,11,13,17H,8-9H2/t11?,13-,17+/m1/s1. The molecule has 0 radical (unpaired) electrons. The van der Waals surface area contributed by atoms with Crippen LogP contribution in [0.15, 0.2) is 52.3 Å². The minimum atomic E-state index is -0.190. The third-order valence-electron chi connectivity index (χ3n) is 4.21. The summed E-state index contributed by atoms with van der Waals surface area (Å²) in [4.78, 5) is 2.36. The van der Waals surface area contributed by atoms with Gasteiger partial charge < -0.3 is 4.74 Å². The summed E-state index contributed by atoms with van der Waals surface area (Å²) in [5, 5.41) is 0.819. The zero-order valence-electron chi connectivity index (χ0n) is 11.3. The molecule has 4 rings (SSSR count). The highest BCUT2D eigenvalue weighted by molar-refractivity contribution is 9.09. The Bertz CT molecular complexity index is 690. The Morgan fingerprint density at radius 2 is 1.95 bits per heavy atom. The molecule has 3 atom stereocenters. The number of benzene rings is 2. The molecule has 1 saturated heterocycles. The van der Waals surface area contributed by atoms with Crippen LogP contribution in [-0.2, 0) is 4.74 Å². The largest absolute Gasteiger partial charge is 0.369 e. The summed E-state index contributed by atoms with van der Waals surface area (Å²) in [6.07, 6.45) is 1.12. The van der Waals surface area contributed by atoms with Gasteiger partial charge in [0.2, 0.25) is 0 Å². The molecule has 0 spiro atoms. The van der Waals surface area contributed by atoms with E-state index in [0.29, 0.717) is 5.92 Å². The molecule has 0 saturated carbocycles. The van der Waals surface area contributed by atoms with Crippen molar-refractivity contribution in [2.24, 2.45) is 0 Å². The van der Waals surface area contributed by atoms with E-state index in [9.17, 15) is 4.39 Å². The lowest BCUT2D eigenvalue weighted by Crippen LogP contribution is -2.08. The molecule has 108 valence electrons. The van der Waals surface area contributed by atoms with E-state index in [-0.39, 0.29) is 18.0 Å². The van der Waals surface area contributed by atoms with Gasteiger partial charge in [-0.2, -0.15) is 0 Å². The zero-order chi connectivity index (χ0) is 14.4. The SMILES string of the molecule is Fc1ccc2c(c1)[C@H]1OC(CBr)C[C@@H]1c1ccccc1S2. The maximum atomic E-state index is 13.7. The maximum Gasteiger partial charge on any atom is 0.123 e. The van der Waals surface area contributed by atoms with Crippen LogP contribution >= 0.6 is 27.7 Å². The van der Waals surface area contributed by atoms with E-state index >= 15 is 0 Å². The lowest BCUT2D eigenvalue weighted by atomic mass is 9.88. The highest BCUT2D eigenvalue weighted by Crippen LogP contribution is 2.53. The fraction of sp³-hybridized carbons (Fsp3) is 0.294. The molecular weight excluding hydrogens is 351 g/mol. The number of fused-ring (bicyclic) bond motifs is 5. The van der Waals surface area contributed by atoms with E-state index in [4.69, 9.17) is 4.74 Å². The molecule has 0 amide bonds. The van der Waals surface area contributed by atoms with Crippen molar-refractivity contribution in [1.82, 2.24) is 0 Å². The van der Waals surface area contributed by atoms with Gasteiger partial charge in [-0.15, -0.1) is 0 Å². The topological polar surface area (TPSA) is 9.23 Å². The first-order valence-electron chi connectivity index (χ1n) is 7.04. The highest BCUT2D eigenvalue weighted by Gasteiger charge is 2.40. The third kappa shape index (κ3) is 2.33. The van der Waals surface area contributed by atoms with Crippen LogP contribution in [0.5, 0.6) is 0 Å². The summed E-state index contributed by atoms with van der Waals surface area (Å²) < 4.78 is 19.9. The van der Waals surface area contributed by atoms with Crippen molar-refractivity contribution in [2.75, 3.05) is 5.33 Å². The molecule has 0 aliphatic carbocycles. The summed E-state index contributed by atoms with van der Waals surface area (Å²) in [5.41, 5.74) is 2.32. The highest BCUT2D eigenvalue weighted by atomic mass is 79.9. The third-order valence-corrected chi connectivity index (χ3v) is 6.12. The molecule has 0 bridgehead atoms. The maximum absolute atomic E-state index is 13.7. The van der Waals surface area contributed by atoms with Crippen LogP contribution in [0.4, 0.5) is 4.39 Å². The van der Waals surface area contributed by atoms with Crippen LogP contribution in [0.3, 0.4) is 0 Å². The van der Waals surface area contributed by atoms with E-state index in [0.717, 1.165) is 22.2 Å². The average molecular weight is 365 g/mol. The van der Waals surface area contributed by atoms with Crippen molar-refractivity contribution in [3.63, 3.8) is 0 Å². The Labute approximate surface area is 136 Å². The van der Waals surface area contributed by atoms with Gasteiger partial charge in [-0.25, -0.2) is 4.39 Å². The number of hydrogen-bond donors (Lipinski definition) is 0. The smallest absolute Gasteiger partial charge is 0.123 e. The van der Waals surface area contributed by atoms with Gasteiger partial charge in [0, 0.05) is 21.0 Å². The van der Waals surface area contributed by atoms with Crippen LogP contribution in [-0.4, -0.2) is 11.4 Å². The predicted octanol–water partition coefficient (Wildman–Crippen LogP) is 5.30. The Kier molecular flexibility index (Phi) is 3.56. The second-order valence-corrected chi connectivity index (χ2v) is 7.23. The number of ether oxygens (including phenoxy) is 1. The van der Waals surface area contributed by atoms with Crippen LogP contribution in [0.25, 0.3) is 0 Å².